The van der Waals surface area contributed by atoms with E-state index < -0.39 is 0 Å². The first-order valence-electron chi connectivity index (χ1n) is 15.9. The van der Waals surface area contributed by atoms with Crippen molar-refractivity contribution in [2.45, 2.75) is 38.8 Å². The Bertz CT molecular complexity index is 1380. The van der Waals surface area contributed by atoms with Crippen molar-refractivity contribution in [3.8, 4) is 0 Å². The minimum absolute atomic E-state index is 0.143. The van der Waals surface area contributed by atoms with Crippen LogP contribution in [0.15, 0.2) is 94.2 Å². The molecule has 0 atom stereocenters. The van der Waals surface area contributed by atoms with Crippen LogP contribution in [0.3, 0.4) is 0 Å². The van der Waals surface area contributed by atoms with Crippen LogP contribution in [0.4, 0.5) is 32.3 Å². The van der Waals surface area contributed by atoms with E-state index in [4.69, 9.17) is 8.83 Å². The molecule has 1 aliphatic rings. The average Bonchev–Trinajstić information content (AvgIpc) is 3.76. The summed E-state index contributed by atoms with van der Waals surface area (Å²) in [6, 6.07) is 22.9. The minimum Gasteiger partial charge on any atom is -0.467 e. The highest BCUT2D eigenvalue weighted by molar-refractivity contribution is 5.90. The summed E-state index contributed by atoms with van der Waals surface area (Å²) >= 11 is 0. The summed E-state index contributed by atoms with van der Waals surface area (Å²) in [6.07, 6.45) is 7.19. The van der Waals surface area contributed by atoms with Gasteiger partial charge in [-0.15, -0.1) is 0 Å². The molecule has 2 aromatic carbocycles. The number of furan rings is 2. The number of urea groups is 2. The highest BCUT2D eigenvalue weighted by atomic mass is 16.3. The van der Waals surface area contributed by atoms with Crippen molar-refractivity contribution < 1.29 is 18.4 Å². The Balaban J connectivity index is 1.18. The van der Waals surface area contributed by atoms with Crippen molar-refractivity contribution in [1.82, 2.24) is 9.80 Å². The first kappa shape index (κ1) is 32.5. The lowest BCUT2D eigenvalue weighted by molar-refractivity contribution is 0.151. The maximum absolute atomic E-state index is 13.5. The molecule has 2 heterocycles. The van der Waals surface area contributed by atoms with Crippen LogP contribution in [-0.2, 0) is 13.1 Å². The van der Waals surface area contributed by atoms with Gasteiger partial charge >= 0.3 is 12.1 Å². The fourth-order valence-electron chi connectivity index (χ4n) is 5.93. The molecule has 0 spiro atoms. The molecule has 46 heavy (non-hydrogen) atoms. The Morgan fingerprint density at radius 1 is 0.609 bits per heavy atom. The molecular formula is C36H46N6O4. The number of amides is 4. The van der Waals surface area contributed by atoms with Gasteiger partial charge in [-0.3, -0.25) is 0 Å². The maximum atomic E-state index is 13.5. The normalized spacial score (nSPS) is 16.0. The minimum atomic E-state index is -0.143. The predicted molar refractivity (Wildman–Crippen MR) is 183 cm³/mol. The van der Waals surface area contributed by atoms with Crippen molar-refractivity contribution in [1.29, 1.82) is 0 Å². The lowest BCUT2D eigenvalue weighted by atomic mass is 9.81. The van der Waals surface area contributed by atoms with Crippen molar-refractivity contribution in [3.05, 3.63) is 96.8 Å². The molecule has 0 aliphatic heterocycles. The van der Waals surface area contributed by atoms with Crippen molar-refractivity contribution in [2.75, 3.05) is 61.7 Å². The Labute approximate surface area is 271 Å². The second-order valence-corrected chi connectivity index (χ2v) is 12.5. The van der Waals surface area contributed by atoms with Crippen LogP contribution in [0.1, 0.15) is 37.2 Å². The van der Waals surface area contributed by atoms with E-state index in [1.807, 2.05) is 121 Å². The molecule has 0 radical (unpaired) electrons. The van der Waals surface area contributed by atoms with E-state index in [1.54, 1.807) is 12.5 Å². The number of benzene rings is 2. The van der Waals surface area contributed by atoms with Crippen LogP contribution in [0.5, 0.6) is 0 Å². The number of hydrogen-bond acceptors (Lipinski definition) is 6. The van der Waals surface area contributed by atoms with Crippen molar-refractivity contribution in [2.24, 2.45) is 11.8 Å². The summed E-state index contributed by atoms with van der Waals surface area (Å²) in [7, 11) is 7.96. The summed E-state index contributed by atoms with van der Waals surface area (Å²) in [4.78, 5) is 34.7. The number of hydrogen-bond donors (Lipinski definition) is 2. The van der Waals surface area contributed by atoms with E-state index in [2.05, 4.69) is 10.6 Å². The predicted octanol–water partition coefficient (Wildman–Crippen LogP) is 7.58. The van der Waals surface area contributed by atoms with Gasteiger partial charge < -0.3 is 39.1 Å². The van der Waals surface area contributed by atoms with E-state index in [9.17, 15) is 9.59 Å². The van der Waals surface area contributed by atoms with Gasteiger partial charge in [0.2, 0.25) is 0 Å². The Morgan fingerprint density at radius 2 is 0.978 bits per heavy atom. The van der Waals surface area contributed by atoms with Crippen LogP contribution in [0, 0.1) is 11.8 Å². The van der Waals surface area contributed by atoms with Crippen LogP contribution in [0.2, 0.25) is 0 Å². The molecule has 10 heteroatoms. The van der Waals surface area contributed by atoms with Gasteiger partial charge in [-0.2, -0.15) is 0 Å². The van der Waals surface area contributed by atoms with Crippen molar-refractivity contribution >= 4 is 34.8 Å². The van der Waals surface area contributed by atoms with E-state index in [0.717, 1.165) is 60.0 Å². The Kier molecular flexibility index (Phi) is 10.9. The smallest absolute Gasteiger partial charge is 0.322 e. The molecule has 10 nitrogen and oxygen atoms in total. The Hall–Kier alpha value is -4.86. The van der Waals surface area contributed by atoms with Gasteiger partial charge in [0.1, 0.15) is 11.5 Å². The molecule has 4 amide bonds. The van der Waals surface area contributed by atoms with E-state index in [1.165, 1.54) is 0 Å². The van der Waals surface area contributed by atoms with E-state index in [-0.39, 0.29) is 12.1 Å². The van der Waals surface area contributed by atoms with Gasteiger partial charge in [-0.1, -0.05) is 0 Å². The molecule has 5 rings (SSSR count). The van der Waals surface area contributed by atoms with Gasteiger partial charge in [0.05, 0.1) is 25.6 Å². The highest BCUT2D eigenvalue weighted by Gasteiger charge is 2.28. The topological polar surface area (TPSA) is 97.4 Å². The fraction of sp³-hybridized carbons (Fsp3) is 0.389. The highest BCUT2D eigenvalue weighted by Crippen LogP contribution is 2.31. The number of carbonyl (C=O) groups is 2. The van der Waals surface area contributed by atoms with Crippen LogP contribution < -0.4 is 20.4 Å². The first-order valence-corrected chi connectivity index (χ1v) is 15.9. The molecule has 0 bridgehead atoms. The number of rotatable bonds is 12. The third-order valence-electron chi connectivity index (χ3n) is 8.62. The zero-order valence-electron chi connectivity index (χ0n) is 27.3. The largest absolute Gasteiger partial charge is 0.467 e. The van der Waals surface area contributed by atoms with Gasteiger partial charge in [-0.25, -0.2) is 9.59 Å². The first-order chi connectivity index (χ1) is 22.2. The summed E-state index contributed by atoms with van der Waals surface area (Å²) < 4.78 is 11.2. The lowest BCUT2D eigenvalue weighted by Crippen LogP contribution is -2.41. The molecule has 2 N–H and O–H groups in total. The molecule has 1 saturated carbocycles. The quantitative estimate of drug-likeness (QED) is 0.168. The van der Waals surface area contributed by atoms with Crippen LogP contribution >= 0.6 is 0 Å². The fourth-order valence-corrected chi connectivity index (χ4v) is 5.93. The van der Waals surface area contributed by atoms with Gasteiger partial charge in [0.25, 0.3) is 0 Å². The number of nitrogens with zero attached hydrogens (tertiary/aromatic N) is 4. The van der Waals surface area contributed by atoms with Gasteiger partial charge in [0, 0.05) is 64.0 Å². The number of anilines is 4. The SMILES string of the molecule is CN(C)c1ccc(NC(=O)N(Cc2ccco2)C[C@H]2CC[C@@H](CN(Cc3ccco3)C(=O)Nc3ccc(N(C)C)cc3)CC2)cc1. The zero-order chi connectivity index (χ0) is 32.5. The molecule has 244 valence electrons. The van der Waals surface area contributed by atoms with E-state index in [0.29, 0.717) is 38.0 Å². The molecule has 0 unspecified atom stereocenters. The molecule has 0 saturated heterocycles. The maximum Gasteiger partial charge on any atom is 0.322 e. The van der Waals surface area contributed by atoms with E-state index >= 15 is 0 Å². The lowest BCUT2D eigenvalue weighted by Gasteiger charge is -2.35. The van der Waals surface area contributed by atoms with Crippen LogP contribution in [-0.4, -0.2) is 63.1 Å². The summed E-state index contributed by atoms with van der Waals surface area (Å²) in [5.41, 5.74) is 3.65. The zero-order valence-corrected chi connectivity index (χ0v) is 27.3. The summed E-state index contributed by atoms with van der Waals surface area (Å²) in [6.45, 7) is 2.07. The van der Waals surface area contributed by atoms with Gasteiger partial charge in [-0.05, 0) is 110 Å². The molecule has 2 aromatic heterocycles. The Morgan fingerprint density at radius 3 is 1.28 bits per heavy atom. The third kappa shape index (κ3) is 9.09. The van der Waals surface area contributed by atoms with Crippen LogP contribution in [0.25, 0.3) is 0 Å². The number of carbonyl (C=O) groups excluding carboxylic acids is 2. The third-order valence-corrected chi connectivity index (χ3v) is 8.62. The molecular weight excluding hydrogens is 580 g/mol. The molecule has 1 aliphatic carbocycles. The number of nitrogens with one attached hydrogen (secondary N) is 2. The second-order valence-electron chi connectivity index (χ2n) is 12.5. The summed E-state index contributed by atoms with van der Waals surface area (Å²) in [5.74, 6) is 2.22. The summed E-state index contributed by atoms with van der Waals surface area (Å²) in [5, 5.41) is 6.14. The average molecular weight is 627 g/mol. The monoisotopic (exact) mass is 626 g/mol. The molecule has 4 aromatic rings. The van der Waals surface area contributed by atoms with Crippen molar-refractivity contribution in [3.63, 3.8) is 0 Å². The molecule has 1 fully saturated rings. The van der Waals surface area contributed by atoms with Gasteiger partial charge in [0.15, 0.2) is 0 Å². The second kappa shape index (κ2) is 15.4. The standard InChI is InChI=1S/C36H46N6O4/c1-39(2)31-17-13-29(14-18-31)37-35(43)41(25-33-7-5-21-45-33)23-27-9-11-28(12-10-27)24-42(26-34-8-6-22-46-34)36(44)38-30-15-19-32(20-16-30)40(3)4/h5-8,13-22,27-28H,9-12,23-26H2,1-4H3,(H,37,43)(H,38,44)/t27-,28+.